The van der Waals surface area contributed by atoms with E-state index in [9.17, 15) is 13.2 Å². The van der Waals surface area contributed by atoms with Gasteiger partial charge < -0.3 is 9.64 Å². The van der Waals surface area contributed by atoms with Crippen molar-refractivity contribution < 1.29 is 17.9 Å². The highest BCUT2D eigenvalue weighted by Crippen LogP contribution is 2.28. The Morgan fingerprint density at radius 3 is 2.47 bits per heavy atom. The molecule has 19 heavy (non-hydrogen) atoms. The van der Waals surface area contributed by atoms with Gasteiger partial charge in [-0.1, -0.05) is 6.92 Å². The van der Waals surface area contributed by atoms with E-state index in [-0.39, 0.29) is 17.1 Å². The molecular weight excluding hydrogens is 290 g/mol. The molecule has 0 heterocycles. The maximum Gasteiger partial charge on any atom is 0.338 e. The zero-order chi connectivity index (χ0) is 14.6. The molecule has 0 amide bonds. The lowest BCUT2D eigenvalue weighted by Gasteiger charge is -2.16. The van der Waals surface area contributed by atoms with Crippen LogP contribution in [0.4, 0.5) is 5.69 Å². The average molecular weight is 306 g/mol. The van der Waals surface area contributed by atoms with E-state index < -0.39 is 15.0 Å². The summed E-state index contributed by atoms with van der Waals surface area (Å²) in [6, 6.07) is 4.27. The molecule has 0 bridgehead atoms. The van der Waals surface area contributed by atoms with Crippen molar-refractivity contribution in [2.24, 2.45) is 0 Å². The first-order valence-corrected chi connectivity index (χ1v) is 8.01. The monoisotopic (exact) mass is 305 g/mol. The number of carbonyl (C=O) groups excluding carboxylic acids is 1. The van der Waals surface area contributed by atoms with Crippen LogP contribution in [0.5, 0.6) is 0 Å². The third-order valence-electron chi connectivity index (χ3n) is 2.38. The van der Waals surface area contributed by atoms with Crippen molar-refractivity contribution in [1.29, 1.82) is 0 Å². The number of rotatable bonds is 5. The van der Waals surface area contributed by atoms with Crippen LogP contribution >= 0.6 is 10.7 Å². The lowest BCUT2D eigenvalue weighted by atomic mass is 10.2. The Bertz CT molecular complexity index is 569. The summed E-state index contributed by atoms with van der Waals surface area (Å²) in [5.41, 5.74) is 0.584. The Hall–Kier alpha value is -1.27. The maximum absolute atomic E-state index is 11.7. The van der Waals surface area contributed by atoms with E-state index in [1.807, 2.05) is 6.92 Å². The molecule has 0 saturated heterocycles. The normalized spacial score (nSPS) is 11.2. The number of nitrogens with zero attached hydrogens (tertiary/aromatic N) is 1. The van der Waals surface area contributed by atoms with Crippen LogP contribution in [0.1, 0.15) is 23.7 Å². The summed E-state index contributed by atoms with van der Waals surface area (Å²) in [7, 11) is 4.83. The summed E-state index contributed by atoms with van der Waals surface area (Å²) in [4.78, 5) is 13.2. The van der Waals surface area contributed by atoms with Crippen molar-refractivity contribution in [3.8, 4) is 0 Å². The fourth-order valence-corrected chi connectivity index (χ4v) is 2.62. The standard InChI is InChI=1S/C12H16ClNO4S/c1-4-7-18-12(15)9-5-6-10(14(2)3)11(8-9)19(13,16)17/h5-6,8H,4,7H2,1-3H3. The molecule has 0 atom stereocenters. The Morgan fingerprint density at radius 1 is 1.37 bits per heavy atom. The molecule has 0 aromatic heterocycles. The molecule has 7 heteroatoms. The summed E-state index contributed by atoms with van der Waals surface area (Å²) in [5.74, 6) is -0.561. The van der Waals surface area contributed by atoms with Gasteiger partial charge >= 0.3 is 5.97 Å². The van der Waals surface area contributed by atoms with Crippen LogP contribution in [-0.2, 0) is 13.8 Å². The van der Waals surface area contributed by atoms with Gasteiger partial charge in [-0.25, -0.2) is 13.2 Å². The zero-order valence-corrected chi connectivity index (χ0v) is 12.6. The van der Waals surface area contributed by atoms with E-state index in [1.54, 1.807) is 19.0 Å². The van der Waals surface area contributed by atoms with Gasteiger partial charge in [-0.15, -0.1) is 0 Å². The first-order chi connectivity index (χ1) is 8.77. The molecule has 1 rings (SSSR count). The van der Waals surface area contributed by atoms with Gasteiger partial charge in [-0.3, -0.25) is 0 Å². The Kier molecular flexibility index (Phi) is 5.20. The van der Waals surface area contributed by atoms with Gasteiger partial charge in [-0.05, 0) is 24.6 Å². The van der Waals surface area contributed by atoms with Crippen molar-refractivity contribution in [1.82, 2.24) is 0 Å². The third kappa shape index (κ3) is 4.11. The minimum atomic E-state index is -3.93. The van der Waals surface area contributed by atoms with Gasteiger partial charge in [0, 0.05) is 24.8 Å². The Balaban J connectivity index is 3.23. The largest absolute Gasteiger partial charge is 0.462 e. The fraction of sp³-hybridized carbons (Fsp3) is 0.417. The summed E-state index contributed by atoms with van der Waals surface area (Å²) in [6.45, 7) is 2.16. The quantitative estimate of drug-likeness (QED) is 0.616. The number of hydrogen-bond acceptors (Lipinski definition) is 5. The summed E-state index contributed by atoms with van der Waals surface area (Å²) in [6.07, 6.45) is 0.697. The smallest absolute Gasteiger partial charge is 0.338 e. The van der Waals surface area contributed by atoms with Crippen molar-refractivity contribution in [2.75, 3.05) is 25.6 Å². The topological polar surface area (TPSA) is 63.7 Å². The van der Waals surface area contributed by atoms with Crippen LogP contribution in [0.15, 0.2) is 23.1 Å². The molecule has 1 aromatic rings. The van der Waals surface area contributed by atoms with Crippen molar-refractivity contribution in [2.45, 2.75) is 18.2 Å². The fourth-order valence-electron chi connectivity index (χ4n) is 1.48. The van der Waals surface area contributed by atoms with Gasteiger partial charge in [0.1, 0.15) is 4.90 Å². The Labute approximate surface area is 117 Å². The molecule has 106 valence electrons. The summed E-state index contributed by atoms with van der Waals surface area (Å²) < 4.78 is 28.0. The first kappa shape index (κ1) is 15.8. The van der Waals surface area contributed by atoms with E-state index in [0.29, 0.717) is 12.1 Å². The average Bonchev–Trinajstić information content (AvgIpc) is 2.34. The Morgan fingerprint density at radius 2 is 2.00 bits per heavy atom. The second-order valence-electron chi connectivity index (χ2n) is 4.15. The van der Waals surface area contributed by atoms with Crippen molar-refractivity contribution in [3.05, 3.63) is 23.8 Å². The lowest BCUT2D eigenvalue weighted by molar-refractivity contribution is 0.0505. The van der Waals surface area contributed by atoms with Crippen LogP contribution in [0.25, 0.3) is 0 Å². The number of esters is 1. The van der Waals surface area contributed by atoms with Crippen molar-refractivity contribution in [3.63, 3.8) is 0 Å². The number of halogens is 1. The van der Waals surface area contributed by atoms with E-state index in [2.05, 4.69) is 0 Å². The van der Waals surface area contributed by atoms with Gasteiger partial charge in [0.25, 0.3) is 9.05 Å². The van der Waals surface area contributed by atoms with Gasteiger partial charge in [-0.2, -0.15) is 0 Å². The SMILES string of the molecule is CCCOC(=O)c1ccc(N(C)C)c(S(=O)(=O)Cl)c1. The molecule has 0 aliphatic rings. The molecule has 0 N–H and O–H groups in total. The highest BCUT2D eigenvalue weighted by atomic mass is 35.7. The van der Waals surface area contributed by atoms with Crippen molar-refractivity contribution >= 4 is 31.4 Å². The minimum absolute atomic E-state index is 0.106. The molecule has 0 radical (unpaired) electrons. The first-order valence-electron chi connectivity index (χ1n) is 5.70. The molecule has 0 fully saturated rings. The molecule has 0 saturated carbocycles. The van der Waals surface area contributed by atoms with E-state index in [4.69, 9.17) is 15.4 Å². The van der Waals surface area contributed by atoms with Crippen LogP contribution in [0.2, 0.25) is 0 Å². The van der Waals surface area contributed by atoms with Crippen LogP contribution in [-0.4, -0.2) is 35.1 Å². The van der Waals surface area contributed by atoms with E-state index in [1.165, 1.54) is 18.2 Å². The molecule has 0 aliphatic carbocycles. The number of anilines is 1. The highest BCUT2D eigenvalue weighted by molar-refractivity contribution is 8.13. The molecule has 0 unspecified atom stereocenters. The highest BCUT2D eigenvalue weighted by Gasteiger charge is 2.20. The van der Waals surface area contributed by atoms with Gasteiger partial charge in [0.05, 0.1) is 17.9 Å². The second kappa shape index (κ2) is 6.25. The molecule has 0 spiro atoms. The number of carbonyl (C=O) groups is 1. The van der Waals surface area contributed by atoms with Crippen LogP contribution < -0.4 is 4.90 Å². The maximum atomic E-state index is 11.7. The second-order valence-corrected chi connectivity index (χ2v) is 6.69. The molecule has 1 aromatic carbocycles. The zero-order valence-electron chi connectivity index (χ0n) is 11.0. The number of ether oxygens (including phenoxy) is 1. The predicted octanol–water partition coefficient (Wildman–Crippen LogP) is 2.25. The van der Waals surface area contributed by atoms with Gasteiger partial charge in [0.15, 0.2) is 0 Å². The number of benzene rings is 1. The van der Waals surface area contributed by atoms with Gasteiger partial charge in [0.2, 0.25) is 0 Å². The minimum Gasteiger partial charge on any atom is -0.462 e. The molecular formula is C12H16ClNO4S. The van der Waals surface area contributed by atoms with E-state index in [0.717, 1.165) is 0 Å². The van der Waals surface area contributed by atoms with Crippen LogP contribution in [0, 0.1) is 0 Å². The third-order valence-corrected chi connectivity index (χ3v) is 3.73. The molecule has 5 nitrogen and oxygen atoms in total. The number of hydrogen-bond donors (Lipinski definition) is 0. The van der Waals surface area contributed by atoms with E-state index >= 15 is 0 Å². The van der Waals surface area contributed by atoms with Crippen LogP contribution in [0.3, 0.4) is 0 Å². The summed E-state index contributed by atoms with van der Waals surface area (Å²) in [5, 5.41) is 0. The predicted molar refractivity (Wildman–Crippen MR) is 74.4 cm³/mol. The lowest BCUT2D eigenvalue weighted by Crippen LogP contribution is -2.14. The summed E-state index contributed by atoms with van der Waals surface area (Å²) >= 11 is 0. The molecule has 0 aliphatic heterocycles.